The molecule has 0 heterocycles. The fourth-order valence-corrected chi connectivity index (χ4v) is 1.02. The van der Waals surface area contributed by atoms with Crippen molar-refractivity contribution in [1.29, 1.82) is 0 Å². The maximum absolute atomic E-state index is 12.7. The number of hydroxylamine groups is 1. The SMILES string of the molecule is CONC(C)c1cccc(F)c1. The second-order valence-corrected chi connectivity index (χ2v) is 2.60. The number of hydrogen-bond donors (Lipinski definition) is 1. The van der Waals surface area contributed by atoms with Gasteiger partial charge in [-0.1, -0.05) is 12.1 Å². The number of halogens is 1. The molecule has 1 atom stereocenters. The molecule has 12 heavy (non-hydrogen) atoms. The van der Waals surface area contributed by atoms with Crippen LogP contribution in [0.25, 0.3) is 0 Å². The summed E-state index contributed by atoms with van der Waals surface area (Å²) < 4.78 is 12.7. The van der Waals surface area contributed by atoms with E-state index in [-0.39, 0.29) is 11.9 Å². The second kappa shape index (κ2) is 4.18. The van der Waals surface area contributed by atoms with Gasteiger partial charge in [-0.05, 0) is 24.6 Å². The summed E-state index contributed by atoms with van der Waals surface area (Å²) in [5.74, 6) is -0.225. The fraction of sp³-hybridized carbons (Fsp3) is 0.333. The van der Waals surface area contributed by atoms with Crippen molar-refractivity contribution in [1.82, 2.24) is 5.48 Å². The van der Waals surface area contributed by atoms with E-state index in [1.807, 2.05) is 13.0 Å². The lowest BCUT2D eigenvalue weighted by molar-refractivity contribution is 0.0658. The van der Waals surface area contributed by atoms with Crippen LogP contribution in [0.5, 0.6) is 0 Å². The minimum absolute atomic E-state index is 0.00528. The Morgan fingerprint density at radius 1 is 1.50 bits per heavy atom. The third-order valence-corrected chi connectivity index (χ3v) is 1.64. The first-order valence-electron chi connectivity index (χ1n) is 3.78. The van der Waals surface area contributed by atoms with Crippen LogP contribution in [-0.2, 0) is 4.84 Å². The average Bonchev–Trinajstić information content (AvgIpc) is 2.05. The van der Waals surface area contributed by atoms with E-state index >= 15 is 0 Å². The Hall–Kier alpha value is -0.930. The van der Waals surface area contributed by atoms with Gasteiger partial charge in [0.15, 0.2) is 0 Å². The second-order valence-electron chi connectivity index (χ2n) is 2.60. The Balaban J connectivity index is 2.73. The van der Waals surface area contributed by atoms with Gasteiger partial charge in [0.05, 0.1) is 13.2 Å². The van der Waals surface area contributed by atoms with Crippen molar-refractivity contribution in [3.8, 4) is 0 Å². The normalized spacial score (nSPS) is 12.9. The lowest BCUT2D eigenvalue weighted by Crippen LogP contribution is -2.16. The summed E-state index contributed by atoms with van der Waals surface area (Å²) in [5, 5.41) is 0. The molecule has 1 aromatic carbocycles. The van der Waals surface area contributed by atoms with Gasteiger partial charge in [0, 0.05) is 0 Å². The topological polar surface area (TPSA) is 21.3 Å². The van der Waals surface area contributed by atoms with Gasteiger partial charge in [-0.15, -0.1) is 0 Å². The molecular weight excluding hydrogens is 157 g/mol. The maximum atomic E-state index is 12.7. The number of hydrogen-bond acceptors (Lipinski definition) is 2. The van der Waals surface area contributed by atoms with Crippen molar-refractivity contribution in [3.63, 3.8) is 0 Å². The standard InChI is InChI=1S/C9H12FNO/c1-7(11-12-2)8-4-3-5-9(10)6-8/h3-7,11H,1-2H3. The summed E-state index contributed by atoms with van der Waals surface area (Å²) >= 11 is 0. The van der Waals surface area contributed by atoms with Crippen LogP contribution >= 0.6 is 0 Å². The maximum Gasteiger partial charge on any atom is 0.123 e. The van der Waals surface area contributed by atoms with Crippen molar-refractivity contribution in [2.24, 2.45) is 0 Å². The molecule has 2 nitrogen and oxygen atoms in total. The molecule has 1 unspecified atom stereocenters. The summed E-state index contributed by atoms with van der Waals surface area (Å²) in [6.45, 7) is 1.90. The Bertz CT molecular complexity index is 252. The van der Waals surface area contributed by atoms with E-state index in [9.17, 15) is 4.39 Å². The molecule has 0 saturated carbocycles. The van der Waals surface area contributed by atoms with E-state index in [1.165, 1.54) is 19.2 Å². The lowest BCUT2D eigenvalue weighted by atomic mass is 10.1. The van der Waals surface area contributed by atoms with Crippen LogP contribution in [0, 0.1) is 5.82 Å². The molecular formula is C9H12FNO. The number of nitrogens with one attached hydrogen (secondary N) is 1. The van der Waals surface area contributed by atoms with Crippen LogP contribution in [0.1, 0.15) is 18.5 Å². The average molecular weight is 169 g/mol. The first-order valence-corrected chi connectivity index (χ1v) is 3.78. The molecule has 0 aliphatic carbocycles. The molecule has 0 saturated heterocycles. The molecule has 0 bridgehead atoms. The molecule has 0 radical (unpaired) electrons. The molecule has 0 fully saturated rings. The first-order chi connectivity index (χ1) is 5.74. The summed E-state index contributed by atoms with van der Waals surface area (Å²) in [4.78, 5) is 4.73. The van der Waals surface area contributed by atoms with Crippen molar-refractivity contribution in [3.05, 3.63) is 35.6 Å². The third-order valence-electron chi connectivity index (χ3n) is 1.64. The molecule has 0 spiro atoms. The van der Waals surface area contributed by atoms with Gasteiger partial charge in [-0.25, -0.2) is 4.39 Å². The summed E-state index contributed by atoms with van der Waals surface area (Å²) in [6.07, 6.45) is 0. The van der Waals surface area contributed by atoms with Gasteiger partial charge in [-0.3, -0.25) is 0 Å². The van der Waals surface area contributed by atoms with Gasteiger partial charge < -0.3 is 4.84 Å². The smallest absolute Gasteiger partial charge is 0.123 e. The van der Waals surface area contributed by atoms with Crippen LogP contribution in [0.2, 0.25) is 0 Å². The van der Waals surface area contributed by atoms with Crippen molar-refractivity contribution < 1.29 is 9.23 Å². The van der Waals surface area contributed by atoms with Crippen LogP contribution in [-0.4, -0.2) is 7.11 Å². The van der Waals surface area contributed by atoms with Crippen LogP contribution in [0.4, 0.5) is 4.39 Å². The molecule has 0 aliphatic rings. The monoisotopic (exact) mass is 169 g/mol. The molecule has 0 aromatic heterocycles. The highest BCUT2D eigenvalue weighted by Gasteiger charge is 2.03. The third kappa shape index (κ3) is 2.29. The minimum atomic E-state index is -0.225. The first kappa shape index (κ1) is 9.16. The highest BCUT2D eigenvalue weighted by Crippen LogP contribution is 2.12. The molecule has 66 valence electrons. The Kier molecular flexibility index (Phi) is 3.19. The summed E-state index contributed by atoms with van der Waals surface area (Å²) in [7, 11) is 1.54. The van der Waals surface area contributed by atoms with Gasteiger partial charge >= 0.3 is 0 Å². The fourth-order valence-electron chi connectivity index (χ4n) is 1.02. The van der Waals surface area contributed by atoms with E-state index < -0.39 is 0 Å². The van der Waals surface area contributed by atoms with E-state index in [4.69, 9.17) is 4.84 Å². The Morgan fingerprint density at radius 2 is 2.25 bits per heavy atom. The molecule has 3 heteroatoms. The highest BCUT2D eigenvalue weighted by atomic mass is 19.1. The molecule has 1 aromatic rings. The van der Waals surface area contributed by atoms with Gasteiger partial charge in [0.25, 0.3) is 0 Å². The van der Waals surface area contributed by atoms with E-state index in [1.54, 1.807) is 6.07 Å². The molecule has 1 N–H and O–H groups in total. The number of rotatable bonds is 3. The van der Waals surface area contributed by atoms with Crippen molar-refractivity contribution >= 4 is 0 Å². The zero-order valence-electron chi connectivity index (χ0n) is 7.17. The zero-order chi connectivity index (χ0) is 8.97. The lowest BCUT2D eigenvalue weighted by Gasteiger charge is -2.11. The minimum Gasteiger partial charge on any atom is -0.305 e. The van der Waals surface area contributed by atoms with Crippen LogP contribution in [0.3, 0.4) is 0 Å². The van der Waals surface area contributed by atoms with Crippen molar-refractivity contribution in [2.75, 3.05) is 7.11 Å². The molecule has 1 rings (SSSR count). The largest absolute Gasteiger partial charge is 0.305 e. The summed E-state index contributed by atoms with van der Waals surface area (Å²) in [5.41, 5.74) is 3.59. The predicted octanol–water partition coefficient (Wildman–Crippen LogP) is 2.04. The van der Waals surface area contributed by atoms with Gasteiger partial charge in [0.1, 0.15) is 5.82 Å². The van der Waals surface area contributed by atoms with Gasteiger partial charge in [-0.2, -0.15) is 5.48 Å². The van der Waals surface area contributed by atoms with E-state index in [2.05, 4.69) is 5.48 Å². The summed E-state index contributed by atoms with van der Waals surface area (Å²) in [6, 6.07) is 6.43. The molecule has 0 amide bonds. The van der Waals surface area contributed by atoms with Crippen molar-refractivity contribution in [2.45, 2.75) is 13.0 Å². The highest BCUT2D eigenvalue weighted by molar-refractivity contribution is 5.18. The zero-order valence-corrected chi connectivity index (χ0v) is 7.17. The van der Waals surface area contributed by atoms with Gasteiger partial charge in [0.2, 0.25) is 0 Å². The Morgan fingerprint density at radius 3 is 2.83 bits per heavy atom. The quantitative estimate of drug-likeness (QED) is 0.699. The van der Waals surface area contributed by atoms with Crippen LogP contribution in [0.15, 0.2) is 24.3 Å². The van der Waals surface area contributed by atoms with E-state index in [0.29, 0.717) is 0 Å². The Labute approximate surface area is 71.3 Å². The number of benzene rings is 1. The predicted molar refractivity (Wildman–Crippen MR) is 45.0 cm³/mol. The van der Waals surface area contributed by atoms with Crippen LogP contribution < -0.4 is 5.48 Å². The molecule has 0 aliphatic heterocycles. The van der Waals surface area contributed by atoms with E-state index in [0.717, 1.165) is 5.56 Å².